The van der Waals surface area contributed by atoms with Crippen molar-refractivity contribution >= 4 is 29.3 Å². The third-order valence-electron chi connectivity index (χ3n) is 2.56. The average molecular weight is 282 g/mol. The monoisotopic (exact) mass is 282 g/mol. The van der Waals surface area contributed by atoms with Crippen LogP contribution in [0.3, 0.4) is 0 Å². The van der Waals surface area contributed by atoms with Gasteiger partial charge in [0.2, 0.25) is 5.91 Å². The highest BCUT2D eigenvalue weighted by molar-refractivity contribution is 7.98. The Labute approximate surface area is 116 Å². The molecule has 0 aromatic heterocycles. The fourth-order valence-electron chi connectivity index (χ4n) is 1.48. The van der Waals surface area contributed by atoms with E-state index in [2.05, 4.69) is 10.1 Å². The highest BCUT2D eigenvalue weighted by atomic mass is 32.2. The van der Waals surface area contributed by atoms with Gasteiger partial charge in [0.15, 0.2) is 0 Å². The number of hydrogen-bond donors (Lipinski definition) is 2. The van der Waals surface area contributed by atoms with Crippen LogP contribution in [0.1, 0.15) is 16.8 Å². The Morgan fingerprint density at radius 3 is 2.74 bits per heavy atom. The zero-order chi connectivity index (χ0) is 14.3. The lowest BCUT2D eigenvalue weighted by Crippen LogP contribution is -2.36. The first kappa shape index (κ1) is 15.5. The summed E-state index contributed by atoms with van der Waals surface area (Å²) in [5, 5.41) is 2.66. The van der Waals surface area contributed by atoms with E-state index in [4.69, 9.17) is 5.73 Å². The average Bonchev–Trinajstić information content (AvgIpc) is 2.44. The maximum absolute atomic E-state index is 11.9. The van der Waals surface area contributed by atoms with Crippen LogP contribution in [0.25, 0.3) is 0 Å². The van der Waals surface area contributed by atoms with Crippen molar-refractivity contribution in [3.05, 3.63) is 29.8 Å². The summed E-state index contributed by atoms with van der Waals surface area (Å²) in [5.74, 6) is 0.0201. The first-order chi connectivity index (χ1) is 9.10. The second kappa shape index (κ2) is 7.81. The molecule has 1 aromatic carbocycles. The van der Waals surface area contributed by atoms with E-state index in [1.54, 1.807) is 36.0 Å². The van der Waals surface area contributed by atoms with Crippen LogP contribution in [-0.4, -0.2) is 37.0 Å². The molecule has 0 radical (unpaired) electrons. The summed E-state index contributed by atoms with van der Waals surface area (Å²) in [4.78, 5) is 23.4. The molecule has 0 aliphatic rings. The van der Waals surface area contributed by atoms with Gasteiger partial charge in [-0.2, -0.15) is 11.8 Å². The molecule has 0 bridgehead atoms. The Morgan fingerprint density at radius 2 is 2.11 bits per heavy atom. The van der Waals surface area contributed by atoms with Crippen LogP contribution in [0.15, 0.2) is 24.3 Å². The smallest absolute Gasteiger partial charge is 0.339 e. The van der Waals surface area contributed by atoms with Gasteiger partial charge in [-0.05, 0) is 30.6 Å². The molecule has 1 rings (SSSR count). The third-order valence-corrected chi connectivity index (χ3v) is 3.20. The molecule has 1 amide bonds. The van der Waals surface area contributed by atoms with Crippen molar-refractivity contribution in [1.82, 2.24) is 0 Å². The summed E-state index contributed by atoms with van der Waals surface area (Å²) in [6, 6.07) is 6.09. The molecule has 0 aliphatic heterocycles. The minimum Gasteiger partial charge on any atom is -0.465 e. The van der Waals surface area contributed by atoms with Crippen molar-refractivity contribution in [2.75, 3.05) is 24.4 Å². The van der Waals surface area contributed by atoms with Crippen molar-refractivity contribution in [1.29, 1.82) is 0 Å². The molecule has 0 unspecified atom stereocenters. The van der Waals surface area contributed by atoms with Crippen LogP contribution in [0.5, 0.6) is 0 Å². The zero-order valence-electron chi connectivity index (χ0n) is 11.0. The molecule has 0 fully saturated rings. The molecule has 3 N–H and O–H groups in total. The van der Waals surface area contributed by atoms with Gasteiger partial charge in [-0.15, -0.1) is 0 Å². The molecular formula is C13H18N2O3S. The van der Waals surface area contributed by atoms with Crippen LogP contribution in [0, 0.1) is 0 Å². The Balaban J connectivity index is 2.76. The normalized spacial score (nSPS) is 11.7. The predicted octanol–water partition coefficient (Wildman–Crippen LogP) is 1.49. The maximum atomic E-state index is 11.9. The number of hydrogen-bond acceptors (Lipinski definition) is 5. The number of para-hydroxylation sites is 1. The summed E-state index contributed by atoms with van der Waals surface area (Å²) in [5.41, 5.74) is 6.50. The Bertz CT molecular complexity index is 451. The van der Waals surface area contributed by atoms with Gasteiger partial charge in [0.1, 0.15) is 0 Å². The van der Waals surface area contributed by atoms with Crippen molar-refractivity contribution in [3.63, 3.8) is 0 Å². The number of amides is 1. The largest absolute Gasteiger partial charge is 0.465 e. The molecule has 1 atom stereocenters. The van der Waals surface area contributed by atoms with Gasteiger partial charge in [0, 0.05) is 0 Å². The number of thioether (sulfide) groups is 1. The molecule has 0 spiro atoms. The number of ether oxygens (including phenoxy) is 1. The molecule has 0 saturated heterocycles. The van der Waals surface area contributed by atoms with Crippen LogP contribution in [0.2, 0.25) is 0 Å². The minimum absolute atomic E-state index is 0.301. The summed E-state index contributed by atoms with van der Waals surface area (Å²) in [6.45, 7) is 0. The zero-order valence-corrected chi connectivity index (χ0v) is 11.8. The SMILES string of the molecule is COC(=O)c1ccccc1NC(=O)[C@@H](N)CCSC. The first-order valence-corrected chi connectivity index (χ1v) is 7.22. The van der Waals surface area contributed by atoms with E-state index in [0.29, 0.717) is 17.7 Å². The highest BCUT2D eigenvalue weighted by Crippen LogP contribution is 2.16. The molecule has 104 valence electrons. The van der Waals surface area contributed by atoms with Crippen LogP contribution >= 0.6 is 11.8 Å². The second-order valence-corrected chi connectivity index (χ2v) is 4.90. The number of nitrogens with one attached hydrogen (secondary N) is 1. The van der Waals surface area contributed by atoms with Gasteiger partial charge >= 0.3 is 5.97 Å². The number of rotatable bonds is 6. The van der Waals surface area contributed by atoms with Crippen molar-refractivity contribution in [2.24, 2.45) is 5.73 Å². The fourth-order valence-corrected chi connectivity index (χ4v) is 1.97. The lowest BCUT2D eigenvalue weighted by molar-refractivity contribution is -0.117. The standard InChI is InChI=1S/C13H18N2O3S/c1-18-13(17)9-5-3-4-6-11(9)15-12(16)10(14)7-8-19-2/h3-6,10H,7-8,14H2,1-2H3,(H,15,16)/t10-/m0/s1. The molecule has 0 saturated carbocycles. The lowest BCUT2D eigenvalue weighted by atomic mass is 10.1. The van der Waals surface area contributed by atoms with Crippen LogP contribution < -0.4 is 11.1 Å². The van der Waals surface area contributed by atoms with E-state index in [0.717, 1.165) is 5.75 Å². The summed E-state index contributed by atoms with van der Waals surface area (Å²) in [7, 11) is 1.30. The topological polar surface area (TPSA) is 81.4 Å². The van der Waals surface area contributed by atoms with Crippen LogP contribution in [0.4, 0.5) is 5.69 Å². The van der Waals surface area contributed by atoms with Crippen molar-refractivity contribution in [3.8, 4) is 0 Å². The van der Waals surface area contributed by atoms with Gasteiger partial charge in [-0.3, -0.25) is 4.79 Å². The second-order valence-electron chi connectivity index (χ2n) is 3.91. The Hall–Kier alpha value is -1.53. The summed E-state index contributed by atoms with van der Waals surface area (Å²) in [6.07, 6.45) is 2.55. The van der Waals surface area contributed by atoms with E-state index in [1.165, 1.54) is 7.11 Å². The number of benzene rings is 1. The molecule has 19 heavy (non-hydrogen) atoms. The number of anilines is 1. The van der Waals surface area contributed by atoms with E-state index >= 15 is 0 Å². The van der Waals surface area contributed by atoms with Gasteiger partial charge in [-0.1, -0.05) is 12.1 Å². The van der Waals surface area contributed by atoms with E-state index in [1.807, 2.05) is 6.26 Å². The van der Waals surface area contributed by atoms with Gasteiger partial charge in [0.05, 0.1) is 24.4 Å². The summed E-state index contributed by atoms with van der Waals surface area (Å²) >= 11 is 1.63. The number of carbonyl (C=O) groups excluding carboxylic acids is 2. The third kappa shape index (κ3) is 4.57. The van der Waals surface area contributed by atoms with E-state index in [9.17, 15) is 9.59 Å². The lowest BCUT2D eigenvalue weighted by Gasteiger charge is -2.13. The molecule has 1 aromatic rings. The summed E-state index contributed by atoms with van der Waals surface area (Å²) < 4.78 is 4.66. The highest BCUT2D eigenvalue weighted by Gasteiger charge is 2.17. The Kier molecular flexibility index (Phi) is 6.38. The van der Waals surface area contributed by atoms with Crippen LogP contribution in [-0.2, 0) is 9.53 Å². The Morgan fingerprint density at radius 1 is 1.42 bits per heavy atom. The molecule has 5 nitrogen and oxygen atoms in total. The van der Waals surface area contributed by atoms with Gasteiger partial charge in [-0.25, -0.2) is 4.79 Å². The van der Waals surface area contributed by atoms with Crippen molar-refractivity contribution < 1.29 is 14.3 Å². The van der Waals surface area contributed by atoms with Gasteiger partial charge < -0.3 is 15.8 Å². The molecule has 0 aliphatic carbocycles. The van der Waals surface area contributed by atoms with E-state index in [-0.39, 0.29) is 5.91 Å². The van der Waals surface area contributed by atoms with Crippen molar-refractivity contribution in [2.45, 2.75) is 12.5 Å². The molecule has 0 heterocycles. The quantitative estimate of drug-likeness (QED) is 0.773. The molecular weight excluding hydrogens is 264 g/mol. The predicted molar refractivity (Wildman–Crippen MR) is 77.4 cm³/mol. The molecule has 6 heteroatoms. The number of nitrogens with two attached hydrogens (primary N) is 1. The number of methoxy groups -OCH3 is 1. The fraction of sp³-hybridized carbons (Fsp3) is 0.385. The maximum Gasteiger partial charge on any atom is 0.339 e. The number of esters is 1. The van der Waals surface area contributed by atoms with Gasteiger partial charge in [0.25, 0.3) is 0 Å². The first-order valence-electron chi connectivity index (χ1n) is 5.83. The number of carbonyl (C=O) groups is 2. The minimum atomic E-state index is -0.585. The van der Waals surface area contributed by atoms with E-state index < -0.39 is 12.0 Å².